The van der Waals surface area contributed by atoms with Crippen molar-refractivity contribution in [3.8, 4) is 6.07 Å². The maximum atomic E-state index is 12.7. The minimum Gasteiger partial charge on any atom is -0.467 e. The number of carbonyl (C=O) groups excluding carboxylic acids is 2. The van der Waals surface area contributed by atoms with E-state index in [-0.39, 0.29) is 24.1 Å². The van der Waals surface area contributed by atoms with Crippen LogP contribution >= 0.6 is 11.8 Å². The topological polar surface area (TPSA) is 86.3 Å². The smallest absolute Gasteiger partial charge is 0.251 e. The van der Waals surface area contributed by atoms with Gasteiger partial charge in [0.25, 0.3) is 5.91 Å². The number of rotatable bonds is 5. The Hall–Kier alpha value is -3.50. The molecule has 1 aliphatic heterocycles. The fraction of sp³-hybridized carbons (Fsp3) is 0.136. The molecule has 0 fully saturated rings. The van der Waals surface area contributed by atoms with E-state index in [4.69, 9.17) is 4.42 Å². The summed E-state index contributed by atoms with van der Waals surface area (Å²) in [4.78, 5) is 27.7. The molecule has 1 aromatic heterocycles. The number of hydrogen-bond donors (Lipinski definition) is 1. The number of benzene rings is 2. The van der Waals surface area contributed by atoms with Crippen molar-refractivity contribution in [2.45, 2.75) is 18.0 Å². The number of nitrogens with zero attached hydrogens (tertiary/aromatic N) is 2. The number of furan rings is 1. The zero-order chi connectivity index (χ0) is 20.2. The van der Waals surface area contributed by atoms with Gasteiger partial charge in [-0.25, -0.2) is 0 Å². The fourth-order valence-corrected chi connectivity index (χ4v) is 4.15. The zero-order valence-electron chi connectivity index (χ0n) is 15.4. The van der Waals surface area contributed by atoms with Crippen LogP contribution in [0.25, 0.3) is 0 Å². The van der Waals surface area contributed by atoms with Crippen molar-refractivity contribution in [3.63, 3.8) is 0 Å². The van der Waals surface area contributed by atoms with Gasteiger partial charge in [-0.2, -0.15) is 5.26 Å². The molecule has 2 amide bonds. The molecule has 3 aromatic rings. The van der Waals surface area contributed by atoms with E-state index in [9.17, 15) is 14.9 Å². The third-order valence-electron chi connectivity index (χ3n) is 4.57. The average molecular weight is 403 g/mol. The van der Waals surface area contributed by atoms with Crippen LogP contribution in [0.2, 0.25) is 0 Å². The summed E-state index contributed by atoms with van der Waals surface area (Å²) in [6.07, 6.45) is 1.54. The maximum Gasteiger partial charge on any atom is 0.251 e. The van der Waals surface area contributed by atoms with E-state index in [0.29, 0.717) is 29.1 Å². The molecule has 6 nitrogen and oxygen atoms in total. The number of anilines is 1. The van der Waals surface area contributed by atoms with Crippen LogP contribution in [0.4, 0.5) is 5.69 Å². The Kier molecular flexibility index (Phi) is 5.36. The molecule has 0 atom stereocenters. The summed E-state index contributed by atoms with van der Waals surface area (Å²) in [5.74, 6) is 0.512. The molecule has 29 heavy (non-hydrogen) atoms. The number of carbonyl (C=O) groups is 2. The lowest BCUT2D eigenvalue weighted by Crippen LogP contribution is -2.35. The van der Waals surface area contributed by atoms with Crippen LogP contribution in [0.1, 0.15) is 27.2 Å². The fourth-order valence-electron chi connectivity index (χ4n) is 3.15. The second kappa shape index (κ2) is 8.25. The quantitative estimate of drug-likeness (QED) is 0.702. The molecule has 1 N–H and O–H groups in total. The standard InChI is InChI=1S/C22H17N3O3S/c23-11-17-9-16(22(27)24-12-18-7-4-8-28-18)10-19-21(17)29-14-20(26)25(19)13-15-5-2-1-3-6-15/h1-10H,12-14H2,(H,24,27). The first-order valence-electron chi connectivity index (χ1n) is 9.01. The van der Waals surface area contributed by atoms with E-state index >= 15 is 0 Å². The van der Waals surface area contributed by atoms with Crippen molar-refractivity contribution >= 4 is 29.3 Å². The van der Waals surface area contributed by atoms with E-state index in [1.165, 1.54) is 11.8 Å². The van der Waals surface area contributed by atoms with E-state index < -0.39 is 0 Å². The molecule has 0 saturated carbocycles. The van der Waals surface area contributed by atoms with E-state index in [1.54, 1.807) is 35.4 Å². The van der Waals surface area contributed by atoms with Crippen molar-refractivity contribution in [3.05, 3.63) is 83.3 Å². The van der Waals surface area contributed by atoms with Gasteiger partial charge in [0.2, 0.25) is 5.91 Å². The Labute approximate surface area is 172 Å². The first-order chi connectivity index (χ1) is 14.2. The lowest BCUT2D eigenvalue weighted by Gasteiger charge is -2.30. The number of thioether (sulfide) groups is 1. The van der Waals surface area contributed by atoms with Crippen molar-refractivity contribution in [2.24, 2.45) is 0 Å². The van der Waals surface area contributed by atoms with Gasteiger partial charge < -0.3 is 14.6 Å². The van der Waals surface area contributed by atoms with Gasteiger partial charge in [-0.3, -0.25) is 9.59 Å². The van der Waals surface area contributed by atoms with Gasteiger partial charge in [0, 0.05) is 10.5 Å². The lowest BCUT2D eigenvalue weighted by atomic mass is 10.1. The summed E-state index contributed by atoms with van der Waals surface area (Å²) >= 11 is 1.33. The van der Waals surface area contributed by atoms with Crippen LogP contribution in [0.5, 0.6) is 0 Å². The first kappa shape index (κ1) is 18.8. The monoisotopic (exact) mass is 403 g/mol. The predicted octanol–water partition coefficient (Wildman–Crippen LogP) is 3.72. The molecule has 2 heterocycles. The molecule has 0 unspecified atom stereocenters. The van der Waals surface area contributed by atoms with Gasteiger partial charge in [0.15, 0.2) is 0 Å². The molecule has 0 bridgehead atoms. The number of nitriles is 1. The summed E-state index contributed by atoms with van der Waals surface area (Å²) in [5, 5.41) is 12.4. The molecule has 144 valence electrons. The van der Waals surface area contributed by atoms with Crippen LogP contribution in [0, 0.1) is 11.3 Å². The third-order valence-corrected chi connectivity index (χ3v) is 5.68. The Morgan fingerprint density at radius 3 is 2.76 bits per heavy atom. The van der Waals surface area contributed by atoms with Gasteiger partial charge in [-0.05, 0) is 29.8 Å². The predicted molar refractivity (Wildman–Crippen MR) is 109 cm³/mol. The lowest BCUT2D eigenvalue weighted by molar-refractivity contribution is -0.116. The number of fused-ring (bicyclic) bond motifs is 1. The molecule has 1 aliphatic rings. The highest BCUT2D eigenvalue weighted by Crippen LogP contribution is 2.39. The Balaban J connectivity index is 1.66. The summed E-state index contributed by atoms with van der Waals surface area (Å²) in [7, 11) is 0. The van der Waals surface area contributed by atoms with Crippen LogP contribution in [-0.4, -0.2) is 17.6 Å². The van der Waals surface area contributed by atoms with E-state index in [2.05, 4.69) is 11.4 Å². The summed E-state index contributed by atoms with van der Waals surface area (Å²) < 4.78 is 5.23. The van der Waals surface area contributed by atoms with Crippen molar-refractivity contribution < 1.29 is 14.0 Å². The van der Waals surface area contributed by atoms with E-state index in [0.717, 1.165) is 10.5 Å². The largest absolute Gasteiger partial charge is 0.467 e. The summed E-state index contributed by atoms with van der Waals surface area (Å²) in [6.45, 7) is 0.627. The minimum atomic E-state index is -0.330. The molecule has 0 saturated heterocycles. The second-order valence-corrected chi connectivity index (χ2v) is 7.49. The highest BCUT2D eigenvalue weighted by Gasteiger charge is 2.28. The van der Waals surface area contributed by atoms with Crippen LogP contribution < -0.4 is 10.2 Å². The molecule has 4 rings (SSSR count). The third kappa shape index (κ3) is 4.03. The van der Waals surface area contributed by atoms with Crippen molar-refractivity contribution in [2.75, 3.05) is 10.7 Å². The van der Waals surface area contributed by atoms with Gasteiger partial charge >= 0.3 is 0 Å². The maximum absolute atomic E-state index is 12.7. The second-order valence-electron chi connectivity index (χ2n) is 6.50. The molecule has 0 radical (unpaired) electrons. The Bertz CT molecular complexity index is 1090. The number of amides is 2. The number of nitrogens with one attached hydrogen (secondary N) is 1. The van der Waals surface area contributed by atoms with Gasteiger partial charge in [-0.1, -0.05) is 30.3 Å². The zero-order valence-corrected chi connectivity index (χ0v) is 16.2. The summed E-state index contributed by atoms with van der Waals surface area (Å²) in [5.41, 5.74) is 2.30. The highest BCUT2D eigenvalue weighted by atomic mass is 32.2. The minimum absolute atomic E-state index is 0.0524. The molecular formula is C22H17N3O3S. The Morgan fingerprint density at radius 2 is 2.03 bits per heavy atom. The molecule has 2 aromatic carbocycles. The van der Waals surface area contributed by atoms with Crippen molar-refractivity contribution in [1.82, 2.24) is 5.32 Å². The van der Waals surface area contributed by atoms with Gasteiger partial charge in [-0.15, -0.1) is 11.8 Å². The normalized spacial score (nSPS) is 12.9. The van der Waals surface area contributed by atoms with Gasteiger partial charge in [0.1, 0.15) is 11.8 Å². The van der Waals surface area contributed by atoms with Crippen LogP contribution in [0.15, 0.2) is 70.2 Å². The molecular weight excluding hydrogens is 386 g/mol. The number of hydrogen-bond acceptors (Lipinski definition) is 5. The van der Waals surface area contributed by atoms with Gasteiger partial charge in [0.05, 0.1) is 36.4 Å². The van der Waals surface area contributed by atoms with Crippen LogP contribution in [0.3, 0.4) is 0 Å². The van der Waals surface area contributed by atoms with Crippen molar-refractivity contribution in [1.29, 1.82) is 5.26 Å². The van der Waals surface area contributed by atoms with Crippen LogP contribution in [-0.2, 0) is 17.9 Å². The van der Waals surface area contributed by atoms with E-state index in [1.807, 2.05) is 30.3 Å². The molecule has 0 aliphatic carbocycles. The first-order valence-corrected chi connectivity index (χ1v) is 10.00. The highest BCUT2D eigenvalue weighted by molar-refractivity contribution is 8.00. The summed E-state index contributed by atoms with van der Waals surface area (Å²) in [6, 6.07) is 18.6. The molecule has 0 spiro atoms. The Morgan fingerprint density at radius 1 is 1.21 bits per heavy atom. The SMILES string of the molecule is N#Cc1cc(C(=O)NCc2ccco2)cc2c1SCC(=O)N2Cc1ccccc1. The molecule has 7 heteroatoms. The average Bonchev–Trinajstić information content (AvgIpc) is 3.27.